The fraction of sp³-hybridized carbons (Fsp3) is 0. The molecule has 0 aromatic heterocycles. The van der Waals surface area contributed by atoms with Crippen LogP contribution in [-0.4, -0.2) is 11.8 Å². The number of halogens is 1. The summed E-state index contributed by atoms with van der Waals surface area (Å²) in [6, 6.07) is 13.2. The van der Waals surface area contributed by atoms with Gasteiger partial charge in [-0.05, 0) is 30.3 Å². The van der Waals surface area contributed by atoms with Gasteiger partial charge in [-0.15, -0.1) is 0 Å². The van der Waals surface area contributed by atoms with Crippen molar-refractivity contribution in [2.24, 2.45) is 0 Å². The highest BCUT2D eigenvalue weighted by Gasteiger charge is 2.31. The minimum Gasteiger partial charge on any atom is -0.320 e. The molecule has 0 aliphatic carbocycles. The second-order valence-electron chi connectivity index (χ2n) is 4.91. The minimum atomic E-state index is -0.248. The average Bonchev–Trinajstić information content (AvgIpc) is 2.54. The van der Waals surface area contributed by atoms with Crippen LogP contribution in [-0.2, 0) is 9.59 Å². The predicted octanol–water partition coefficient (Wildman–Crippen LogP) is 4.45. The standard InChI is InChI=1S/C16H9BrN2O2S2/c17-8-5-6-10-12(7-8)23-14(16(21)19-10)13-15(20)18-9-3-1-2-4-11(9)22-13/h1-7H,(H,18,20)(H,19,21)/b14-13+. The summed E-state index contributed by atoms with van der Waals surface area (Å²) in [5, 5.41) is 5.69. The highest BCUT2D eigenvalue weighted by Crippen LogP contribution is 2.46. The molecule has 7 heteroatoms. The third-order valence-corrected chi connectivity index (χ3v) is 6.31. The molecular weight excluding hydrogens is 396 g/mol. The Kier molecular flexibility index (Phi) is 3.71. The number of rotatable bonds is 0. The fourth-order valence-corrected chi connectivity index (χ4v) is 4.96. The molecule has 0 unspecified atom stereocenters. The summed E-state index contributed by atoms with van der Waals surface area (Å²) < 4.78 is 0.926. The molecule has 0 saturated carbocycles. The van der Waals surface area contributed by atoms with E-state index in [1.165, 1.54) is 23.5 Å². The Morgan fingerprint density at radius 3 is 2.13 bits per heavy atom. The third-order valence-electron chi connectivity index (χ3n) is 3.37. The second kappa shape index (κ2) is 5.74. The number of benzene rings is 2. The van der Waals surface area contributed by atoms with Gasteiger partial charge in [0.2, 0.25) is 0 Å². The molecule has 114 valence electrons. The quantitative estimate of drug-likeness (QED) is 0.636. The molecule has 0 atom stereocenters. The molecule has 2 aromatic rings. The van der Waals surface area contributed by atoms with Crippen LogP contribution in [0.2, 0.25) is 0 Å². The Hall–Kier alpha value is -1.70. The third kappa shape index (κ3) is 2.69. The molecule has 2 aromatic carbocycles. The van der Waals surface area contributed by atoms with E-state index in [2.05, 4.69) is 26.6 Å². The average molecular weight is 405 g/mol. The van der Waals surface area contributed by atoms with Crippen LogP contribution in [0.4, 0.5) is 11.4 Å². The number of nitrogens with one attached hydrogen (secondary N) is 2. The lowest BCUT2D eigenvalue weighted by atomic mass is 10.3. The molecule has 2 aliphatic rings. The fourth-order valence-electron chi connectivity index (χ4n) is 2.31. The zero-order valence-corrected chi connectivity index (χ0v) is 14.8. The molecule has 4 nitrogen and oxygen atoms in total. The Labute approximate surface area is 149 Å². The van der Waals surface area contributed by atoms with Gasteiger partial charge >= 0.3 is 0 Å². The number of fused-ring (bicyclic) bond motifs is 2. The van der Waals surface area contributed by atoms with E-state index >= 15 is 0 Å². The Morgan fingerprint density at radius 2 is 1.39 bits per heavy atom. The van der Waals surface area contributed by atoms with Crippen LogP contribution in [0.1, 0.15) is 0 Å². The lowest BCUT2D eigenvalue weighted by molar-refractivity contribution is -0.114. The maximum absolute atomic E-state index is 12.4. The zero-order chi connectivity index (χ0) is 16.0. The first kappa shape index (κ1) is 14.9. The number of para-hydroxylation sites is 1. The maximum Gasteiger partial charge on any atom is 0.263 e. The van der Waals surface area contributed by atoms with E-state index in [1.807, 2.05) is 42.5 Å². The highest BCUT2D eigenvalue weighted by molar-refractivity contribution is 9.10. The van der Waals surface area contributed by atoms with Crippen molar-refractivity contribution < 1.29 is 9.59 Å². The molecule has 0 spiro atoms. The van der Waals surface area contributed by atoms with Gasteiger partial charge in [0.1, 0.15) is 0 Å². The van der Waals surface area contributed by atoms with Gasteiger partial charge < -0.3 is 10.6 Å². The predicted molar refractivity (Wildman–Crippen MR) is 96.6 cm³/mol. The number of hydrogen-bond donors (Lipinski definition) is 2. The number of thioether (sulfide) groups is 2. The SMILES string of the molecule is O=C1Nc2ccccc2S/C1=C1/Sc2cc(Br)ccc2NC1=O. The summed E-state index contributed by atoms with van der Waals surface area (Å²) in [4.78, 5) is 27.5. The summed E-state index contributed by atoms with van der Waals surface area (Å²) in [5.74, 6) is -0.494. The Bertz CT molecular complexity index is 895. The summed E-state index contributed by atoms with van der Waals surface area (Å²) in [6.07, 6.45) is 0. The van der Waals surface area contributed by atoms with E-state index in [0.29, 0.717) is 9.81 Å². The van der Waals surface area contributed by atoms with Gasteiger partial charge in [0.25, 0.3) is 11.8 Å². The van der Waals surface area contributed by atoms with Crippen molar-refractivity contribution in [3.63, 3.8) is 0 Å². The van der Waals surface area contributed by atoms with Gasteiger partial charge in [0, 0.05) is 14.3 Å². The Balaban J connectivity index is 1.79. The van der Waals surface area contributed by atoms with Crippen LogP contribution in [0.5, 0.6) is 0 Å². The van der Waals surface area contributed by atoms with Crippen LogP contribution in [0.15, 0.2) is 66.5 Å². The Morgan fingerprint density at radius 1 is 0.783 bits per heavy atom. The van der Waals surface area contributed by atoms with Gasteiger partial charge in [-0.25, -0.2) is 0 Å². The first-order chi connectivity index (χ1) is 11.1. The summed E-state index contributed by atoms with van der Waals surface area (Å²) in [5.41, 5.74) is 1.53. The van der Waals surface area contributed by atoms with Crippen LogP contribution in [0.25, 0.3) is 0 Å². The van der Waals surface area contributed by atoms with E-state index in [0.717, 1.165) is 25.6 Å². The molecule has 4 rings (SSSR count). The van der Waals surface area contributed by atoms with Crippen molar-refractivity contribution in [1.82, 2.24) is 0 Å². The summed E-state index contributed by atoms with van der Waals surface area (Å²) in [6.45, 7) is 0. The molecule has 0 radical (unpaired) electrons. The molecule has 0 bridgehead atoms. The van der Waals surface area contributed by atoms with Gasteiger partial charge in [0.15, 0.2) is 0 Å². The number of hydrogen-bond acceptors (Lipinski definition) is 4. The summed E-state index contributed by atoms with van der Waals surface area (Å²) >= 11 is 6.08. The molecule has 23 heavy (non-hydrogen) atoms. The van der Waals surface area contributed by atoms with E-state index in [-0.39, 0.29) is 11.8 Å². The number of carbonyl (C=O) groups is 2. The van der Waals surface area contributed by atoms with E-state index in [4.69, 9.17) is 0 Å². The largest absolute Gasteiger partial charge is 0.320 e. The smallest absolute Gasteiger partial charge is 0.263 e. The van der Waals surface area contributed by atoms with E-state index in [9.17, 15) is 9.59 Å². The van der Waals surface area contributed by atoms with Gasteiger partial charge in [0.05, 0.1) is 21.2 Å². The topological polar surface area (TPSA) is 58.2 Å². The minimum absolute atomic E-state index is 0.246. The van der Waals surface area contributed by atoms with Crippen molar-refractivity contribution in [1.29, 1.82) is 0 Å². The number of carbonyl (C=O) groups excluding carboxylic acids is 2. The monoisotopic (exact) mass is 404 g/mol. The van der Waals surface area contributed by atoms with Crippen LogP contribution < -0.4 is 10.6 Å². The van der Waals surface area contributed by atoms with Crippen LogP contribution in [0, 0.1) is 0 Å². The van der Waals surface area contributed by atoms with Crippen molar-refractivity contribution >= 4 is 62.6 Å². The van der Waals surface area contributed by atoms with E-state index < -0.39 is 0 Å². The molecule has 2 N–H and O–H groups in total. The van der Waals surface area contributed by atoms with Gasteiger partial charge in [-0.3, -0.25) is 9.59 Å². The maximum atomic E-state index is 12.4. The lowest BCUT2D eigenvalue weighted by Gasteiger charge is -2.24. The van der Waals surface area contributed by atoms with Crippen molar-refractivity contribution in [2.45, 2.75) is 9.79 Å². The summed E-state index contributed by atoms with van der Waals surface area (Å²) in [7, 11) is 0. The molecular formula is C16H9BrN2O2S2. The van der Waals surface area contributed by atoms with E-state index in [1.54, 1.807) is 0 Å². The highest BCUT2D eigenvalue weighted by atomic mass is 79.9. The first-order valence-electron chi connectivity index (χ1n) is 6.73. The van der Waals surface area contributed by atoms with Crippen LogP contribution >= 0.6 is 39.5 Å². The first-order valence-corrected chi connectivity index (χ1v) is 9.16. The van der Waals surface area contributed by atoms with Crippen molar-refractivity contribution in [3.8, 4) is 0 Å². The van der Waals surface area contributed by atoms with Gasteiger partial charge in [-0.2, -0.15) is 0 Å². The second-order valence-corrected chi connectivity index (χ2v) is 7.93. The number of anilines is 2. The molecule has 2 amide bonds. The lowest BCUT2D eigenvalue weighted by Crippen LogP contribution is -2.24. The van der Waals surface area contributed by atoms with Gasteiger partial charge in [-0.1, -0.05) is 51.6 Å². The molecule has 0 saturated heterocycles. The van der Waals surface area contributed by atoms with Crippen molar-refractivity contribution in [2.75, 3.05) is 10.6 Å². The molecule has 0 fully saturated rings. The molecule has 2 aliphatic heterocycles. The van der Waals surface area contributed by atoms with Crippen LogP contribution in [0.3, 0.4) is 0 Å². The normalized spacial score (nSPS) is 19.5. The molecule has 2 heterocycles. The van der Waals surface area contributed by atoms with Crippen molar-refractivity contribution in [3.05, 3.63) is 56.7 Å². The zero-order valence-electron chi connectivity index (χ0n) is 11.6. The number of amides is 2.